The first-order chi connectivity index (χ1) is 13.7. The van der Waals surface area contributed by atoms with E-state index in [0.717, 1.165) is 78.9 Å². The molecule has 1 aliphatic carbocycles. The lowest BCUT2D eigenvalue weighted by molar-refractivity contribution is 0.108. The van der Waals surface area contributed by atoms with E-state index >= 15 is 0 Å². The zero-order valence-corrected chi connectivity index (χ0v) is 16.1. The third-order valence-electron chi connectivity index (χ3n) is 5.70. The predicted molar refractivity (Wildman–Crippen MR) is 105 cm³/mol. The topological polar surface area (TPSA) is 103 Å². The number of aryl methyl sites for hydroxylation is 1. The highest BCUT2D eigenvalue weighted by atomic mass is 16.5. The van der Waals surface area contributed by atoms with Crippen molar-refractivity contribution in [2.24, 2.45) is 4.99 Å². The number of aromatic amines is 1. The number of fused-ring (bicyclic) bond motifs is 1. The Kier molecular flexibility index (Phi) is 4.43. The van der Waals surface area contributed by atoms with Gasteiger partial charge in [0.1, 0.15) is 23.7 Å². The van der Waals surface area contributed by atoms with Gasteiger partial charge in [-0.2, -0.15) is 0 Å². The van der Waals surface area contributed by atoms with E-state index in [1.807, 2.05) is 13.1 Å². The average Bonchev–Trinajstić information content (AvgIpc) is 3.28. The van der Waals surface area contributed by atoms with Gasteiger partial charge in [-0.25, -0.2) is 19.9 Å². The number of imidazole rings is 1. The molecule has 0 amide bonds. The fourth-order valence-electron chi connectivity index (χ4n) is 4.12. The number of hydrogen-bond acceptors (Lipinski definition) is 5. The van der Waals surface area contributed by atoms with Crippen molar-refractivity contribution in [1.29, 1.82) is 5.41 Å². The SMILES string of the molecule is Cc1nc(C(=NC=N)N2CCc3nc(C4CC4)ncc3C2)c(C2CCCO2)[nH]1. The molecule has 0 aromatic carbocycles. The molecule has 1 atom stereocenters. The van der Waals surface area contributed by atoms with E-state index in [0.29, 0.717) is 12.5 Å². The molecule has 8 nitrogen and oxygen atoms in total. The quantitative estimate of drug-likeness (QED) is 0.628. The molecule has 1 saturated heterocycles. The first-order valence-corrected chi connectivity index (χ1v) is 10.1. The fourth-order valence-corrected chi connectivity index (χ4v) is 4.12. The van der Waals surface area contributed by atoms with Crippen LogP contribution >= 0.6 is 0 Å². The van der Waals surface area contributed by atoms with Crippen LogP contribution in [0.15, 0.2) is 11.2 Å². The molecule has 0 radical (unpaired) electrons. The Hall–Kier alpha value is -2.61. The molecule has 0 bridgehead atoms. The van der Waals surface area contributed by atoms with Crippen molar-refractivity contribution >= 4 is 12.2 Å². The first kappa shape index (κ1) is 17.5. The molecule has 1 saturated carbocycles. The van der Waals surface area contributed by atoms with Crippen molar-refractivity contribution in [3.63, 3.8) is 0 Å². The van der Waals surface area contributed by atoms with Crippen LogP contribution in [0.2, 0.25) is 0 Å². The number of aliphatic imine (C=N–C) groups is 1. The van der Waals surface area contributed by atoms with Crippen LogP contribution in [0.1, 0.15) is 72.0 Å². The van der Waals surface area contributed by atoms with Crippen LogP contribution in [0.4, 0.5) is 0 Å². The predicted octanol–water partition coefficient (Wildman–Crippen LogP) is 2.65. The van der Waals surface area contributed by atoms with E-state index in [2.05, 4.69) is 19.9 Å². The van der Waals surface area contributed by atoms with Gasteiger partial charge in [0.15, 0.2) is 5.84 Å². The standard InChI is InChI=1S/C20H25N7O/c1-12-24-17(16-3-2-8-28-16)18(25-12)20(23-11-21)27-7-6-15-14(10-27)9-22-19(26-15)13-4-5-13/h9,11,13,16,21H,2-8,10H2,1H3,(H,24,25). The number of amidine groups is 1. The molecule has 28 heavy (non-hydrogen) atoms. The first-order valence-electron chi connectivity index (χ1n) is 10.1. The van der Waals surface area contributed by atoms with Crippen LogP contribution in [-0.4, -0.2) is 50.2 Å². The Morgan fingerprint density at radius 3 is 3.00 bits per heavy atom. The second-order valence-corrected chi connectivity index (χ2v) is 7.81. The second kappa shape index (κ2) is 7.09. The number of H-pyrrole nitrogens is 1. The summed E-state index contributed by atoms with van der Waals surface area (Å²) in [5.41, 5.74) is 4.06. The molecule has 0 spiro atoms. The molecular weight excluding hydrogens is 354 g/mol. The van der Waals surface area contributed by atoms with Crippen molar-refractivity contribution in [3.05, 3.63) is 40.5 Å². The third-order valence-corrected chi connectivity index (χ3v) is 5.70. The third kappa shape index (κ3) is 3.22. The number of aromatic nitrogens is 4. The summed E-state index contributed by atoms with van der Waals surface area (Å²) in [4.78, 5) is 24.1. The monoisotopic (exact) mass is 379 g/mol. The molecule has 2 aromatic rings. The lowest BCUT2D eigenvalue weighted by Crippen LogP contribution is -2.38. The van der Waals surface area contributed by atoms with E-state index in [-0.39, 0.29) is 6.10 Å². The van der Waals surface area contributed by atoms with Gasteiger partial charge in [-0.05, 0) is 32.6 Å². The van der Waals surface area contributed by atoms with Gasteiger partial charge in [-0.3, -0.25) is 5.41 Å². The van der Waals surface area contributed by atoms with E-state index in [1.54, 1.807) is 0 Å². The largest absolute Gasteiger partial charge is 0.372 e. The lowest BCUT2D eigenvalue weighted by atomic mass is 10.1. The highest BCUT2D eigenvalue weighted by Gasteiger charge is 2.31. The summed E-state index contributed by atoms with van der Waals surface area (Å²) < 4.78 is 5.88. The van der Waals surface area contributed by atoms with E-state index in [1.165, 1.54) is 12.8 Å². The van der Waals surface area contributed by atoms with Gasteiger partial charge in [-0.1, -0.05) is 0 Å². The van der Waals surface area contributed by atoms with Crippen molar-refractivity contribution in [2.75, 3.05) is 13.2 Å². The fraction of sp³-hybridized carbons (Fsp3) is 0.550. The highest BCUT2D eigenvalue weighted by molar-refractivity contribution is 6.01. The maximum Gasteiger partial charge on any atom is 0.158 e. The smallest absolute Gasteiger partial charge is 0.158 e. The normalized spacial score (nSPS) is 22.4. The number of ether oxygens (including phenoxy) is 1. The van der Waals surface area contributed by atoms with E-state index < -0.39 is 0 Å². The Balaban J connectivity index is 1.45. The molecule has 2 fully saturated rings. The van der Waals surface area contributed by atoms with Gasteiger partial charge in [0.05, 0.1) is 17.5 Å². The molecule has 1 unspecified atom stereocenters. The van der Waals surface area contributed by atoms with Gasteiger partial charge in [0.2, 0.25) is 0 Å². The van der Waals surface area contributed by atoms with E-state index in [9.17, 15) is 0 Å². The molecule has 2 aromatic heterocycles. The van der Waals surface area contributed by atoms with Gasteiger partial charge in [0, 0.05) is 43.8 Å². The molecule has 2 aliphatic heterocycles. The Bertz CT molecular complexity index is 925. The van der Waals surface area contributed by atoms with Crippen LogP contribution < -0.4 is 0 Å². The number of nitrogens with zero attached hydrogens (tertiary/aromatic N) is 5. The van der Waals surface area contributed by atoms with Crippen LogP contribution in [-0.2, 0) is 17.7 Å². The molecule has 3 aliphatic rings. The van der Waals surface area contributed by atoms with Crippen LogP contribution in [0.5, 0.6) is 0 Å². The Morgan fingerprint density at radius 2 is 2.25 bits per heavy atom. The van der Waals surface area contributed by atoms with Crippen molar-refractivity contribution in [2.45, 2.75) is 57.6 Å². The summed E-state index contributed by atoms with van der Waals surface area (Å²) >= 11 is 0. The Morgan fingerprint density at radius 1 is 1.36 bits per heavy atom. The van der Waals surface area contributed by atoms with Gasteiger partial charge in [0.25, 0.3) is 0 Å². The minimum absolute atomic E-state index is 0.0219. The number of hydrogen-bond donors (Lipinski definition) is 2. The molecule has 2 N–H and O–H groups in total. The summed E-state index contributed by atoms with van der Waals surface area (Å²) in [7, 11) is 0. The molecule has 5 rings (SSSR count). The summed E-state index contributed by atoms with van der Waals surface area (Å²) in [6.45, 7) is 4.21. The summed E-state index contributed by atoms with van der Waals surface area (Å²) in [5, 5.41) is 7.58. The maximum absolute atomic E-state index is 7.58. The van der Waals surface area contributed by atoms with Crippen LogP contribution in [0, 0.1) is 12.3 Å². The second-order valence-electron chi connectivity index (χ2n) is 7.81. The summed E-state index contributed by atoms with van der Waals surface area (Å²) in [6, 6.07) is 0. The van der Waals surface area contributed by atoms with Gasteiger partial charge in [-0.15, -0.1) is 0 Å². The minimum Gasteiger partial charge on any atom is -0.372 e. The molecule has 4 heterocycles. The van der Waals surface area contributed by atoms with Crippen LogP contribution in [0.25, 0.3) is 0 Å². The van der Waals surface area contributed by atoms with Crippen molar-refractivity contribution in [1.82, 2.24) is 24.8 Å². The van der Waals surface area contributed by atoms with E-state index in [4.69, 9.17) is 20.1 Å². The highest BCUT2D eigenvalue weighted by Crippen LogP contribution is 2.38. The molecule has 146 valence electrons. The number of rotatable bonds is 4. The minimum atomic E-state index is 0.0219. The molecular formula is C20H25N7O. The summed E-state index contributed by atoms with van der Waals surface area (Å²) in [6.07, 6.45) is 8.41. The van der Waals surface area contributed by atoms with Crippen LogP contribution in [0.3, 0.4) is 0 Å². The number of nitrogens with one attached hydrogen (secondary N) is 2. The molecule has 8 heteroatoms. The zero-order valence-electron chi connectivity index (χ0n) is 16.1. The van der Waals surface area contributed by atoms with Crippen molar-refractivity contribution < 1.29 is 4.74 Å². The zero-order chi connectivity index (χ0) is 19.1. The van der Waals surface area contributed by atoms with Gasteiger partial charge >= 0.3 is 0 Å². The average molecular weight is 379 g/mol. The van der Waals surface area contributed by atoms with Gasteiger partial charge < -0.3 is 14.6 Å². The van der Waals surface area contributed by atoms with Crippen molar-refractivity contribution in [3.8, 4) is 0 Å². The summed E-state index contributed by atoms with van der Waals surface area (Å²) in [5.74, 6) is 3.14. The lowest BCUT2D eigenvalue weighted by Gasteiger charge is -2.30. The maximum atomic E-state index is 7.58. The Labute approximate surface area is 164 Å².